The Bertz CT molecular complexity index is 585. The Kier molecular flexibility index (Phi) is 4.97. The summed E-state index contributed by atoms with van der Waals surface area (Å²) in [5, 5.41) is 13.0. The van der Waals surface area contributed by atoms with Crippen LogP contribution in [0.25, 0.3) is 0 Å². The summed E-state index contributed by atoms with van der Waals surface area (Å²) in [4.78, 5) is 12.5. The first kappa shape index (κ1) is 17.4. The first-order valence-electron chi connectivity index (χ1n) is 9.11. The van der Waals surface area contributed by atoms with Crippen LogP contribution in [0.5, 0.6) is 0 Å². The molecule has 132 valence electrons. The fourth-order valence-corrected chi connectivity index (χ4v) is 3.89. The second-order valence-electron chi connectivity index (χ2n) is 8.09. The minimum Gasteiger partial charge on any atom is -0.390 e. The van der Waals surface area contributed by atoms with Gasteiger partial charge >= 0.3 is 0 Å². The number of aliphatic hydroxyl groups is 1. The van der Waals surface area contributed by atoms with Crippen LogP contribution in [0, 0.1) is 0 Å². The number of hydrogen-bond donors (Lipinski definition) is 2. The Morgan fingerprint density at radius 2 is 2.12 bits per heavy atom. The fourth-order valence-electron chi connectivity index (χ4n) is 3.89. The highest BCUT2D eigenvalue weighted by Crippen LogP contribution is 2.40. The molecule has 0 bridgehead atoms. The van der Waals surface area contributed by atoms with E-state index in [1.54, 1.807) is 0 Å². The van der Waals surface area contributed by atoms with Gasteiger partial charge in [-0.05, 0) is 63.6 Å². The number of hydrogen-bond acceptors (Lipinski definition) is 3. The summed E-state index contributed by atoms with van der Waals surface area (Å²) < 4.78 is 6.01. The Hall–Kier alpha value is -1.39. The maximum absolute atomic E-state index is 12.5. The van der Waals surface area contributed by atoms with Crippen LogP contribution in [-0.4, -0.2) is 34.9 Å². The molecule has 3 rings (SSSR count). The molecule has 1 spiro atoms. The third-order valence-electron chi connectivity index (χ3n) is 5.27. The van der Waals surface area contributed by atoms with Crippen molar-refractivity contribution < 1.29 is 14.6 Å². The van der Waals surface area contributed by atoms with Crippen LogP contribution in [0.3, 0.4) is 0 Å². The SMILES string of the molecule is CC(C)(O)CCc1cccc(C(=O)NC2COC3(CCCC3)C2)c1. The highest BCUT2D eigenvalue weighted by Gasteiger charge is 2.42. The van der Waals surface area contributed by atoms with Crippen LogP contribution in [0.2, 0.25) is 0 Å². The Balaban J connectivity index is 1.57. The van der Waals surface area contributed by atoms with Gasteiger partial charge in [0.25, 0.3) is 5.91 Å². The molecule has 24 heavy (non-hydrogen) atoms. The molecule has 1 aromatic rings. The molecule has 0 aromatic heterocycles. The molecule has 1 amide bonds. The minimum absolute atomic E-state index is 0.0243. The zero-order chi connectivity index (χ0) is 17.2. The zero-order valence-corrected chi connectivity index (χ0v) is 14.8. The molecule has 4 nitrogen and oxygen atoms in total. The third-order valence-corrected chi connectivity index (χ3v) is 5.27. The van der Waals surface area contributed by atoms with Gasteiger partial charge in [0, 0.05) is 5.56 Å². The normalized spacial score (nSPS) is 22.9. The molecular weight excluding hydrogens is 302 g/mol. The van der Waals surface area contributed by atoms with Crippen molar-refractivity contribution in [2.75, 3.05) is 6.61 Å². The van der Waals surface area contributed by atoms with Crippen LogP contribution in [-0.2, 0) is 11.2 Å². The van der Waals surface area contributed by atoms with Crippen LogP contribution >= 0.6 is 0 Å². The van der Waals surface area contributed by atoms with E-state index in [1.807, 2.05) is 38.1 Å². The van der Waals surface area contributed by atoms with Crippen molar-refractivity contribution in [2.45, 2.75) is 76.0 Å². The molecule has 2 aliphatic rings. The van der Waals surface area contributed by atoms with Crippen LogP contribution < -0.4 is 5.32 Å². The number of aryl methyl sites for hydroxylation is 1. The van der Waals surface area contributed by atoms with Crippen LogP contribution in [0.1, 0.15) is 68.3 Å². The molecule has 1 aliphatic carbocycles. The topological polar surface area (TPSA) is 58.6 Å². The van der Waals surface area contributed by atoms with Gasteiger partial charge in [0.2, 0.25) is 0 Å². The maximum Gasteiger partial charge on any atom is 0.251 e. The Morgan fingerprint density at radius 1 is 1.38 bits per heavy atom. The largest absolute Gasteiger partial charge is 0.390 e. The van der Waals surface area contributed by atoms with Crippen molar-refractivity contribution in [3.63, 3.8) is 0 Å². The molecule has 1 atom stereocenters. The van der Waals surface area contributed by atoms with Gasteiger partial charge in [-0.1, -0.05) is 25.0 Å². The first-order chi connectivity index (χ1) is 11.4. The van der Waals surface area contributed by atoms with Gasteiger partial charge in [-0.2, -0.15) is 0 Å². The van der Waals surface area contributed by atoms with Crippen molar-refractivity contribution in [3.05, 3.63) is 35.4 Å². The standard InChI is InChI=1S/C20H29NO3/c1-19(2,23)11-8-15-6-5-7-16(12-15)18(22)21-17-13-20(24-14-17)9-3-4-10-20/h5-7,12,17,23H,3-4,8-11,13-14H2,1-2H3,(H,21,22). The first-order valence-corrected chi connectivity index (χ1v) is 9.11. The second kappa shape index (κ2) is 6.85. The summed E-state index contributed by atoms with van der Waals surface area (Å²) in [7, 11) is 0. The molecule has 2 fully saturated rings. The van der Waals surface area contributed by atoms with Gasteiger partial charge in [0.05, 0.1) is 23.9 Å². The third kappa shape index (κ3) is 4.37. The predicted octanol–water partition coefficient (Wildman–Crippen LogP) is 3.22. The molecule has 1 heterocycles. The number of carbonyl (C=O) groups is 1. The number of ether oxygens (including phenoxy) is 1. The molecule has 2 N–H and O–H groups in total. The molecule has 1 aliphatic heterocycles. The average molecular weight is 331 g/mol. The van der Waals surface area contributed by atoms with Gasteiger partial charge in [0.1, 0.15) is 0 Å². The minimum atomic E-state index is -0.685. The van der Waals surface area contributed by atoms with E-state index < -0.39 is 5.60 Å². The van der Waals surface area contributed by atoms with E-state index in [2.05, 4.69) is 5.32 Å². The highest BCUT2D eigenvalue weighted by atomic mass is 16.5. The number of carbonyl (C=O) groups excluding carboxylic acids is 1. The lowest BCUT2D eigenvalue weighted by Crippen LogP contribution is -2.36. The molecule has 0 radical (unpaired) electrons. The number of benzene rings is 1. The summed E-state index contributed by atoms with van der Waals surface area (Å²) in [6, 6.07) is 7.83. The summed E-state index contributed by atoms with van der Waals surface area (Å²) in [5.41, 5.74) is 1.12. The lowest BCUT2D eigenvalue weighted by Gasteiger charge is -2.21. The van der Waals surface area contributed by atoms with Crippen LogP contribution in [0.4, 0.5) is 0 Å². The van der Waals surface area contributed by atoms with E-state index in [9.17, 15) is 9.90 Å². The van der Waals surface area contributed by atoms with E-state index in [-0.39, 0.29) is 17.6 Å². The van der Waals surface area contributed by atoms with Gasteiger partial charge in [-0.3, -0.25) is 4.79 Å². The summed E-state index contributed by atoms with van der Waals surface area (Å²) in [6.45, 7) is 4.25. The lowest BCUT2D eigenvalue weighted by molar-refractivity contribution is 0.00987. The summed E-state index contributed by atoms with van der Waals surface area (Å²) >= 11 is 0. The van der Waals surface area contributed by atoms with Gasteiger partial charge in [-0.25, -0.2) is 0 Å². The zero-order valence-electron chi connectivity index (χ0n) is 14.8. The van der Waals surface area contributed by atoms with Crippen molar-refractivity contribution in [1.29, 1.82) is 0 Å². The molecule has 1 unspecified atom stereocenters. The number of rotatable bonds is 5. The van der Waals surface area contributed by atoms with Gasteiger partial charge in [-0.15, -0.1) is 0 Å². The van der Waals surface area contributed by atoms with Crippen molar-refractivity contribution in [3.8, 4) is 0 Å². The fraction of sp³-hybridized carbons (Fsp3) is 0.650. The van der Waals surface area contributed by atoms with E-state index in [0.29, 0.717) is 18.6 Å². The lowest BCUT2D eigenvalue weighted by atomic mass is 9.96. The van der Waals surface area contributed by atoms with E-state index in [1.165, 1.54) is 12.8 Å². The number of nitrogens with one attached hydrogen (secondary N) is 1. The Labute approximate surface area is 144 Å². The van der Waals surface area contributed by atoms with Crippen molar-refractivity contribution >= 4 is 5.91 Å². The number of amides is 1. The quantitative estimate of drug-likeness (QED) is 0.871. The van der Waals surface area contributed by atoms with Gasteiger partial charge in [0.15, 0.2) is 0 Å². The maximum atomic E-state index is 12.5. The van der Waals surface area contributed by atoms with Crippen molar-refractivity contribution in [2.24, 2.45) is 0 Å². The summed E-state index contributed by atoms with van der Waals surface area (Å²) in [5.74, 6) is -0.0243. The van der Waals surface area contributed by atoms with E-state index in [0.717, 1.165) is 31.2 Å². The van der Waals surface area contributed by atoms with Crippen LogP contribution in [0.15, 0.2) is 24.3 Å². The van der Waals surface area contributed by atoms with E-state index in [4.69, 9.17) is 4.74 Å². The van der Waals surface area contributed by atoms with Gasteiger partial charge < -0.3 is 15.2 Å². The Morgan fingerprint density at radius 3 is 2.83 bits per heavy atom. The molecule has 4 heteroatoms. The summed E-state index contributed by atoms with van der Waals surface area (Å²) in [6.07, 6.45) is 7.12. The van der Waals surface area contributed by atoms with Crippen molar-refractivity contribution in [1.82, 2.24) is 5.32 Å². The molecule has 1 aromatic carbocycles. The highest BCUT2D eigenvalue weighted by molar-refractivity contribution is 5.94. The molecule has 1 saturated carbocycles. The monoisotopic (exact) mass is 331 g/mol. The smallest absolute Gasteiger partial charge is 0.251 e. The van der Waals surface area contributed by atoms with E-state index >= 15 is 0 Å². The predicted molar refractivity (Wildman–Crippen MR) is 94.1 cm³/mol. The second-order valence-corrected chi connectivity index (χ2v) is 8.09. The average Bonchev–Trinajstić information content (AvgIpc) is 3.15. The molecule has 1 saturated heterocycles. The molecular formula is C20H29NO3.